The number of hydrogen-bond acceptors (Lipinski definition) is 1. The molecule has 3 aliphatic rings. The molecule has 0 aromatic heterocycles. The van der Waals surface area contributed by atoms with Gasteiger partial charge in [0.05, 0.1) is 5.76 Å². The van der Waals surface area contributed by atoms with Gasteiger partial charge in [-0.2, -0.15) is 0 Å². The fraction of sp³-hybridized carbons (Fsp3) is 0.600. The predicted octanol–water partition coefficient (Wildman–Crippen LogP) is 2.66. The lowest BCUT2D eigenvalue weighted by atomic mass is 9.49. The lowest BCUT2D eigenvalue weighted by Gasteiger charge is -2.55. The molecule has 0 aromatic rings. The summed E-state index contributed by atoms with van der Waals surface area (Å²) in [4.78, 5) is 0. The Labute approximate surface area is 67.4 Å². The van der Waals surface area contributed by atoms with E-state index in [2.05, 4.69) is 20.4 Å². The third-order valence-corrected chi connectivity index (χ3v) is 3.41. The van der Waals surface area contributed by atoms with Crippen LogP contribution in [-0.2, 0) is 0 Å². The van der Waals surface area contributed by atoms with Crippen molar-refractivity contribution in [1.82, 2.24) is 0 Å². The lowest BCUT2D eigenvalue weighted by Crippen LogP contribution is -2.48. The molecule has 1 fully saturated rings. The normalized spacial score (nSPS) is 39.5. The van der Waals surface area contributed by atoms with Crippen LogP contribution in [0.15, 0.2) is 24.0 Å². The molecule has 3 rings (SSSR count). The smallest absolute Gasteiger partial charge is 0.0961 e. The summed E-state index contributed by atoms with van der Waals surface area (Å²) >= 11 is 0. The zero-order chi connectivity index (χ0) is 8.22. The SMILES string of the molecule is C=C1C=C(O)C2CC1C2(C)C. The van der Waals surface area contributed by atoms with E-state index in [0.29, 0.717) is 17.6 Å². The summed E-state index contributed by atoms with van der Waals surface area (Å²) in [5, 5.41) is 9.52. The van der Waals surface area contributed by atoms with Crippen molar-refractivity contribution >= 4 is 0 Å². The Balaban J connectivity index is 2.42. The van der Waals surface area contributed by atoms with Gasteiger partial charge in [-0.25, -0.2) is 0 Å². The molecular weight excluding hydrogens is 136 g/mol. The van der Waals surface area contributed by atoms with Gasteiger partial charge in [0.1, 0.15) is 0 Å². The zero-order valence-corrected chi connectivity index (χ0v) is 7.09. The van der Waals surface area contributed by atoms with E-state index >= 15 is 0 Å². The van der Waals surface area contributed by atoms with Gasteiger partial charge >= 0.3 is 0 Å². The average molecular weight is 150 g/mol. The number of aliphatic hydroxyl groups is 1. The number of rotatable bonds is 0. The third kappa shape index (κ3) is 0.661. The molecule has 0 amide bonds. The van der Waals surface area contributed by atoms with E-state index in [1.54, 1.807) is 0 Å². The van der Waals surface area contributed by atoms with Gasteiger partial charge in [-0.1, -0.05) is 20.4 Å². The maximum Gasteiger partial charge on any atom is 0.0961 e. The van der Waals surface area contributed by atoms with Crippen molar-refractivity contribution in [1.29, 1.82) is 0 Å². The summed E-state index contributed by atoms with van der Waals surface area (Å²) in [6.45, 7) is 8.36. The zero-order valence-electron chi connectivity index (χ0n) is 7.09. The van der Waals surface area contributed by atoms with E-state index in [1.807, 2.05) is 6.08 Å². The molecule has 1 N–H and O–H groups in total. The van der Waals surface area contributed by atoms with Crippen LogP contribution in [0.5, 0.6) is 0 Å². The minimum absolute atomic E-state index is 0.260. The molecule has 2 bridgehead atoms. The van der Waals surface area contributed by atoms with Gasteiger partial charge in [-0.15, -0.1) is 0 Å². The molecule has 1 heteroatoms. The van der Waals surface area contributed by atoms with Crippen LogP contribution in [0.2, 0.25) is 0 Å². The predicted molar refractivity (Wildman–Crippen MR) is 45.2 cm³/mol. The summed E-state index contributed by atoms with van der Waals surface area (Å²) in [6, 6.07) is 0. The highest BCUT2D eigenvalue weighted by molar-refractivity contribution is 5.35. The number of hydrogen-bond donors (Lipinski definition) is 1. The summed E-state index contributed by atoms with van der Waals surface area (Å²) in [5.41, 5.74) is 1.37. The molecule has 1 nitrogen and oxygen atoms in total. The minimum atomic E-state index is 0.260. The molecule has 2 atom stereocenters. The van der Waals surface area contributed by atoms with Crippen molar-refractivity contribution in [2.45, 2.75) is 20.3 Å². The molecule has 0 aromatic carbocycles. The van der Waals surface area contributed by atoms with Gasteiger partial charge in [-0.05, 0) is 29.4 Å². The molecule has 0 saturated heterocycles. The Kier molecular flexibility index (Phi) is 1.08. The number of fused-ring (bicyclic) bond motifs is 1. The second-order valence-corrected chi connectivity index (χ2v) is 4.31. The van der Waals surface area contributed by atoms with E-state index in [1.165, 1.54) is 0 Å². The second kappa shape index (κ2) is 1.71. The number of aliphatic hydroxyl groups excluding tert-OH is 1. The largest absolute Gasteiger partial charge is 0.512 e. The summed E-state index contributed by atoms with van der Waals surface area (Å²) in [5.74, 6) is 1.56. The van der Waals surface area contributed by atoms with Crippen LogP contribution in [0, 0.1) is 17.3 Å². The molecule has 0 radical (unpaired) electrons. The quantitative estimate of drug-likeness (QED) is 0.563. The molecule has 0 heterocycles. The first-order valence-electron chi connectivity index (χ1n) is 4.13. The fourth-order valence-electron chi connectivity index (χ4n) is 2.45. The van der Waals surface area contributed by atoms with Crippen LogP contribution in [0.3, 0.4) is 0 Å². The molecule has 3 aliphatic carbocycles. The summed E-state index contributed by atoms with van der Waals surface area (Å²) in [6.07, 6.45) is 2.94. The molecule has 0 aliphatic heterocycles. The van der Waals surface area contributed by atoms with E-state index in [9.17, 15) is 5.11 Å². The van der Waals surface area contributed by atoms with Crippen LogP contribution in [0.25, 0.3) is 0 Å². The van der Waals surface area contributed by atoms with Gasteiger partial charge in [0.15, 0.2) is 0 Å². The Morgan fingerprint density at radius 2 is 2.18 bits per heavy atom. The lowest BCUT2D eigenvalue weighted by molar-refractivity contribution is -0.00546. The molecule has 1 saturated carbocycles. The molecule has 60 valence electrons. The van der Waals surface area contributed by atoms with Crippen LogP contribution in [0.4, 0.5) is 0 Å². The molecular formula is C10H14O. The van der Waals surface area contributed by atoms with E-state index in [4.69, 9.17) is 0 Å². The van der Waals surface area contributed by atoms with Crippen molar-refractivity contribution < 1.29 is 5.11 Å². The topological polar surface area (TPSA) is 20.2 Å². The van der Waals surface area contributed by atoms with Crippen LogP contribution in [-0.4, -0.2) is 5.11 Å². The van der Waals surface area contributed by atoms with Crippen molar-refractivity contribution in [3.05, 3.63) is 24.0 Å². The van der Waals surface area contributed by atoms with Crippen molar-refractivity contribution in [2.75, 3.05) is 0 Å². The highest BCUT2D eigenvalue weighted by Crippen LogP contribution is 2.59. The molecule has 11 heavy (non-hydrogen) atoms. The third-order valence-electron chi connectivity index (χ3n) is 3.41. The first-order chi connectivity index (χ1) is 5.03. The summed E-state index contributed by atoms with van der Waals surface area (Å²) in [7, 11) is 0. The van der Waals surface area contributed by atoms with Gasteiger partial charge in [0.25, 0.3) is 0 Å². The Bertz CT molecular complexity index is 248. The molecule has 2 unspecified atom stereocenters. The van der Waals surface area contributed by atoms with E-state index < -0.39 is 0 Å². The standard InChI is InChI=1S/C10H14O/c1-6-4-9(11)8-5-7(6)10(8,2)3/h4,7-8,11H,1,5H2,2-3H3. The van der Waals surface area contributed by atoms with Crippen molar-refractivity contribution in [2.24, 2.45) is 17.3 Å². The van der Waals surface area contributed by atoms with Gasteiger partial charge in [-0.3, -0.25) is 0 Å². The maximum absolute atomic E-state index is 9.52. The van der Waals surface area contributed by atoms with Crippen LogP contribution in [0.1, 0.15) is 20.3 Å². The van der Waals surface area contributed by atoms with Gasteiger partial charge < -0.3 is 5.11 Å². The Morgan fingerprint density at radius 3 is 2.55 bits per heavy atom. The Morgan fingerprint density at radius 1 is 1.55 bits per heavy atom. The second-order valence-electron chi connectivity index (χ2n) is 4.31. The highest BCUT2D eigenvalue weighted by Gasteiger charge is 2.53. The monoisotopic (exact) mass is 150 g/mol. The van der Waals surface area contributed by atoms with Crippen LogP contribution < -0.4 is 0 Å². The maximum atomic E-state index is 9.52. The summed E-state index contributed by atoms with van der Waals surface area (Å²) < 4.78 is 0. The van der Waals surface area contributed by atoms with E-state index in [-0.39, 0.29) is 5.41 Å². The highest BCUT2D eigenvalue weighted by atomic mass is 16.3. The van der Waals surface area contributed by atoms with Gasteiger partial charge in [0.2, 0.25) is 0 Å². The van der Waals surface area contributed by atoms with Crippen LogP contribution >= 0.6 is 0 Å². The van der Waals surface area contributed by atoms with Crippen molar-refractivity contribution in [3.63, 3.8) is 0 Å². The van der Waals surface area contributed by atoms with Crippen molar-refractivity contribution in [3.8, 4) is 0 Å². The van der Waals surface area contributed by atoms with Gasteiger partial charge in [0, 0.05) is 5.92 Å². The Hall–Kier alpha value is -0.720. The number of allylic oxidation sites excluding steroid dienone is 3. The average Bonchev–Trinajstić information content (AvgIpc) is 1.84. The van der Waals surface area contributed by atoms with E-state index in [0.717, 1.165) is 12.0 Å². The first kappa shape index (κ1) is 6.96. The molecule has 0 spiro atoms. The minimum Gasteiger partial charge on any atom is -0.512 e. The first-order valence-corrected chi connectivity index (χ1v) is 4.13. The fourth-order valence-corrected chi connectivity index (χ4v) is 2.45.